The van der Waals surface area contributed by atoms with E-state index in [4.69, 9.17) is 16.3 Å². The van der Waals surface area contributed by atoms with Gasteiger partial charge in [-0.05, 0) is 42.8 Å². The highest BCUT2D eigenvalue weighted by molar-refractivity contribution is 7.90. The molecule has 0 aliphatic carbocycles. The van der Waals surface area contributed by atoms with E-state index in [1.54, 1.807) is 48.3 Å². The molecule has 1 heterocycles. The molecule has 6 nitrogen and oxygen atoms in total. The van der Waals surface area contributed by atoms with Crippen LogP contribution >= 0.6 is 11.6 Å². The van der Waals surface area contributed by atoms with E-state index < -0.39 is 9.84 Å². The van der Waals surface area contributed by atoms with Gasteiger partial charge in [-0.15, -0.1) is 0 Å². The average molecular weight is 447 g/mol. The van der Waals surface area contributed by atoms with Gasteiger partial charge in [-0.3, -0.25) is 4.79 Å². The number of aromatic nitrogens is 1. The lowest BCUT2D eigenvalue weighted by Crippen LogP contribution is -2.30. The minimum atomic E-state index is -3.28. The van der Waals surface area contributed by atoms with Crippen molar-refractivity contribution >= 4 is 27.3 Å². The van der Waals surface area contributed by atoms with Gasteiger partial charge in [-0.25, -0.2) is 8.42 Å². The zero-order valence-corrected chi connectivity index (χ0v) is 18.7. The summed E-state index contributed by atoms with van der Waals surface area (Å²) in [6.07, 6.45) is 4.88. The summed E-state index contributed by atoms with van der Waals surface area (Å²) >= 11 is 6.45. The van der Waals surface area contributed by atoms with Gasteiger partial charge in [0.15, 0.2) is 9.84 Å². The van der Waals surface area contributed by atoms with E-state index in [0.717, 1.165) is 11.8 Å². The molecule has 30 heavy (non-hydrogen) atoms. The van der Waals surface area contributed by atoms with Gasteiger partial charge in [0.05, 0.1) is 34.3 Å². The fourth-order valence-corrected chi connectivity index (χ4v) is 4.05. The lowest BCUT2D eigenvalue weighted by Gasteiger charge is -2.26. The van der Waals surface area contributed by atoms with E-state index >= 15 is 0 Å². The molecule has 0 spiro atoms. The number of halogens is 1. The number of hydrogen-bond donors (Lipinski definition) is 0. The summed E-state index contributed by atoms with van der Waals surface area (Å²) in [4.78, 5) is 15.0. The van der Waals surface area contributed by atoms with Crippen LogP contribution in [0.25, 0.3) is 5.69 Å². The van der Waals surface area contributed by atoms with E-state index in [2.05, 4.69) is 0 Å². The molecule has 3 rings (SSSR count). The van der Waals surface area contributed by atoms with Crippen LogP contribution in [-0.2, 0) is 9.84 Å². The van der Waals surface area contributed by atoms with Crippen molar-refractivity contribution in [1.29, 1.82) is 0 Å². The second-order valence-electron chi connectivity index (χ2n) is 7.03. The first-order chi connectivity index (χ1) is 14.1. The van der Waals surface area contributed by atoms with E-state index in [1.165, 1.54) is 7.11 Å². The first-order valence-corrected chi connectivity index (χ1v) is 11.5. The molecular weight excluding hydrogens is 424 g/mol. The number of amides is 1. The number of ether oxygens (including phenoxy) is 1. The van der Waals surface area contributed by atoms with Crippen LogP contribution in [0, 0.1) is 0 Å². The van der Waals surface area contributed by atoms with Crippen LogP contribution in [0.2, 0.25) is 5.02 Å². The highest BCUT2D eigenvalue weighted by atomic mass is 35.5. The summed E-state index contributed by atoms with van der Waals surface area (Å²) in [7, 11) is -0.0832. The fraction of sp³-hybridized carbons (Fsp3) is 0.227. The van der Waals surface area contributed by atoms with Crippen molar-refractivity contribution in [2.75, 3.05) is 20.4 Å². The van der Waals surface area contributed by atoms with Gasteiger partial charge in [0.25, 0.3) is 5.91 Å². The molecule has 1 atom stereocenters. The number of benzene rings is 2. The van der Waals surface area contributed by atoms with Crippen LogP contribution in [-0.4, -0.2) is 44.2 Å². The number of carbonyl (C=O) groups excluding carboxylic acids is 1. The molecule has 0 fully saturated rings. The minimum absolute atomic E-state index is 0.237. The van der Waals surface area contributed by atoms with Gasteiger partial charge in [0.2, 0.25) is 0 Å². The van der Waals surface area contributed by atoms with Crippen LogP contribution in [0.5, 0.6) is 5.75 Å². The van der Waals surface area contributed by atoms with Gasteiger partial charge in [0, 0.05) is 31.8 Å². The van der Waals surface area contributed by atoms with E-state index in [9.17, 15) is 13.2 Å². The first-order valence-electron chi connectivity index (χ1n) is 9.21. The van der Waals surface area contributed by atoms with Crippen LogP contribution < -0.4 is 4.74 Å². The molecule has 0 radical (unpaired) electrons. The minimum Gasteiger partial charge on any atom is -0.496 e. The lowest BCUT2D eigenvalue weighted by atomic mass is 10.1. The predicted molar refractivity (Wildman–Crippen MR) is 117 cm³/mol. The van der Waals surface area contributed by atoms with Crippen molar-refractivity contribution in [2.45, 2.75) is 17.9 Å². The van der Waals surface area contributed by atoms with Gasteiger partial charge < -0.3 is 14.2 Å². The molecule has 0 bridgehead atoms. The zero-order valence-electron chi connectivity index (χ0n) is 17.2. The van der Waals surface area contributed by atoms with Crippen molar-refractivity contribution in [1.82, 2.24) is 9.47 Å². The molecule has 0 saturated heterocycles. The number of rotatable bonds is 6. The maximum absolute atomic E-state index is 13.2. The van der Waals surface area contributed by atoms with Gasteiger partial charge in [-0.1, -0.05) is 23.7 Å². The predicted octanol–water partition coefficient (Wildman–Crippen LogP) is 4.38. The number of sulfone groups is 1. The van der Waals surface area contributed by atoms with Crippen LogP contribution in [0.1, 0.15) is 28.9 Å². The van der Waals surface area contributed by atoms with E-state index in [0.29, 0.717) is 22.0 Å². The normalized spacial score (nSPS) is 12.4. The molecule has 0 aliphatic rings. The van der Waals surface area contributed by atoms with Crippen molar-refractivity contribution in [3.63, 3.8) is 0 Å². The van der Waals surface area contributed by atoms with Crippen LogP contribution in [0.15, 0.2) is 65.8 Å². The van der Waals surface area contributed by atoms with Crippen LogP contribution in [0.3, 0.4) is 0 Å². The van der Waals surface area contributed by atoms with Crippen molar-refractivity contribution < 1.29 is 17.9 Å². The Hall–Kier alpha value is -2.77. The van der Waals surface area contributed by atoms with Crippen molar-refractivity contribution in [3.05, 3.63) is 77.1 Å². The SMILES string of the molecule is COc1cc(-n2cccc2)c(Cl)cc1C(=O)N(C)C(C)c1ccc(S(C)(=O)=O)cc1. The number of carbonyl (C=O) groups is 1. The Kier molecular flexibility index (Phi) is 6.24. The maximum atomic E-state index is 13.2. The second-order valence-corrected chi connectivity index (χ2v) is 9.45. The van der Waals surface area contributed by atoms with Gasteiger partial charge >= 0.3 is 0 Å². The third kappa shape index (κ3) is 4.37. The molecule has 0 N–H and O–H groups in total. The Morgan fingerprint density at radius 2 is 1.73 bits per heavy atom. The second kappa shape index (κ2) is 8.53. The molecule has 2 aromatic carbocycles. The van der Waals surface area contributed by atoms with E-state index in [1.807, 2.05) is 36.0 Å². The molecule has 158 valence electrons. The molecule has 0 aliphatic heterocycles. The van der Waals surface area contributed by atoms with Crippen LogP contribution in [0.4, 0.5) is 0 Å². The Balaban J connectivity index is 1.91. The fourth-order valence-electron chi connectivity index (χ4n) is 3.15. The quantitative estimate of drug-likeness (QED) is 0.563. The Morgan fingerprint density at radius 3 is 2.27 bits per heavy atom. The summed E-state index contributed by atoms with van der Waals surface area (Å²) in [6.45, 7) is 1.87. The largest absolute Gasteiger partial charge is 0.496 e. The Morgan fingerprint density at radius 1 is 1.13 bits per heavy atom. The van der Waals surface area contributed by atoms with E-state index in [-0.39, 0.29) is 16.8 Å². The summed E-state index contributed by atoms with van der Waals surface area (Å²) < 4.78 is 30.6. The topological polar surface area (TPSA) is 68.6 Å². The summed E-state index contributed by atoms with van der Waals surface area (Å²) in [6, 6.07) is 13.3. The number of nitrogens with zero attached hydrogens (tertiary/aromatic N) is 2. The first kappa shape index (κ1) is 21.9. The molecule has 0 saturated carbocycles. The average Bonchev–Trinajstić information content (AvgIpc) is 3.26. The molecule has 8 heteroatoms. The Bertz CT molecular complexity index is 1160. The van der Waals surface area contributed by atoms with Crippen molar-refractivity contribution in [3.8, 4) is 11.4 Å². The van der Waals surface area contributed by atoms with Crippen molar-refractivity contribution in [2.24, 2.45) is 0 Å². The smallest absolute Gasteiger partial charge is 0.257 e. The molecule has 3 aromatic rings. The molecule has 1 aromatic heterocycles. The lowest BCUT2D eigenvalue weighted by molar-refractivity contribution is 0.0739. The summed E-state index contributed by atoms with van der Waals surface area (Å²) in [5.74, 6) is 0.159. The van der Waals surface area contributed by atoms with Gasteiger partial charge in [0.1, 0.15) is 5.75 Å². The third-order valence-electron chi connectivity index (χ3n) is 5.07. The Labute approximate surface area is 181 Å². The summed E-state index contributed by atoms with van der Waals surface area (Å²) in [5.41, 5.74) is 1.87. The standard InChI is InChI=1S/C22H23ClN2O4S/c1-15(16-7-9-17(10-8-16)30(4,27)28)24(2)22(26)18-13-19(23)20(14-21(18)29-3)25-11-5-6-12-25/h5-15H,1-4H3. The number of hydrogen-bond acceptors (Lipinski definition) is 4. The summed E-state index contributed by atoms with van der Waals surface area (Å²) in [5, 5.41) is 0.425. The monoisotopic (exact) mass is 446 g/mol. The molecular formula is C22H23ClN2O4S. The number of methoxy groups -OCH3 is 1. The highest BCUT2D eigenvalue weighted by Gasteiger charge is 2.24. The highest BCUT2D eigenvalue weighted by Crippen LogP contribution is 2.32. The van der Waals surface area contributed by atoms with Gasteiger partial charge in [-0.2, -0.15) is 0 Å². The third-order valence-corrected chi connectivity index (χ3v) is 6.51. The molecule has 1 unspecified atom stereocenters. The molecule has 1 amide bonds. The zero-order chi connectivity index (χ0) is 22.1. The maximum Gasteiger partial charge on any atom is 0.257 e.